The Morgan fingerprint density at radius 2 is 2.21 bits per heavy atom. The van der Waals surface area contributed by atoms with Crippen molar-refractivity contribution in [2.75, 3.05) is 0 Å². The predicted molar refractivity (Wildman–Crippen MR) is 57.0 cm³/mol. The molecule has 1 N–H and O–H groups in total. The fourth-order valence-electron chi connectivity index (χ4n) is 0.947. The summed E-state index contributed by atoms with van der Waals surface area (Å²) in [7, 11) is -1.21. The molecule has 1 heterocycles. The van der Waals surface area contributed by atoms with Crippen LogP contribution in [0.4, 0.5) is 0 Å². The summed E-state index contributed by atoms with van der Waals surface area (Å²) in [5.74, 6) is -1.49. The molecular weight excluding hydrogens is 220 g/mol. The van der Waals surface area contributed by atoms with Crippen LogP contribution < -0.4 is 0 Å². The third-order valence-corrected chi connectivity index (χ3v) is 5.18. The quantitative estimate of drug-likeness (QED) is 0.863. The highest BCUT2D eigenvalue weighted by Crippen LogP contribution is 2.21. The van der Waals surface area contributed by atoms with Crippen molar-refractivity contribution in [3.63, 3.8) is 0 Å². The standard InChI is InChI=1S/C9H12O3S2/c1-6(9(10)11)7(2)14(12)8-4-3-5-13-8/h3-7H,1-2H3,(H,10,11). The Balaban J connectivity index is 2.76. The Kier molecular flexibility index (Phi) is 3.83. The monoisotopic (exact) mass is 232 g/mol. The second-order valence-corrected chi connectivity index (χ2v) is 6.05. The fraction of sp³-hybridized carbons (Fsp3) is 0.444. The summed E-state index contributed by atoms with van der Waals surface area (Å²) in [4.78, 5) is 10.7. The Labute approximate surface area is 89.2 Å². The number of hydrogen-bond donors (Lipinski definition) is 1. The Morgan fingerprint density at radius 3 is 2.64 bits per heavy atom. The molecule has 1 rings (SSSR count). The molecule has 0 amide bonds. The minimum Gasteiger partial charge on any atom is -0.481 e. The maximum absolute atomic E-state index is 11.8. The van der Waals surface area contributed by atoms with E-state index < -0.39 is 22.7 Å². The van der Waals surface area contributed by atoms with E-state index in [1.165, 1.54) is 11.3 Å². The first kappa shape index (κ1) is 11.4. The van der Waals surface area contributed by atoms with Crippen LogP contribution in [-0.2, 0) is 15.6 Å². The highest BCUT2D eigenvalue weighted by Gasteiger charge is 2.25. The molecule has 0 aliphatic heterocycles. The number of carboxylic acids is 1. The third-order valence-electron chi connectivity index (χ3n) is 2.12. The zero-order valence-corrected chi connectivity index (χ0v) is 9.60. The Bertz CT molecular complexity index is 332. The van der Waals surface area contributed by atoms with Gasteiger partial charge >= 0.3 is 5.97 Å². The van der Waals surface area contributed by atoms with E-state index in [9.17, 15) is 9.00 Å². The van der Waals surface area contributed by atoms with E-state index in [4.69, 9.17) is 5.11 Å². The second-order valence-electron chi connectivity index (χ2n) is 3.06. The van der Waals surface area contributed by atoms with Gasteiger partial charge in [0.25, 0.3) is 0 Å². The molecule has 0 aliphatic carbocycles. The molecule has 0 radical (unpaired) electrons. The van der Waals surface area contributed by atoms with Gasteiger partial charge in [0.15, 0.2) is 0 Å². The van der Waals surface area contributed by atoms with E-state index in [0.717, 1.165) is 4.21 Å². The van der Waals surface area contributed by atoms with Crippen LogP contribution in [0.25, 0.3) is 0 Å². The van der Waals surface area contributed by atoms with Crippen molar-refractivity contribution in [1.29, 1.82) is 0 Å². The molecule has 0 bridgehead atoms. The lowest BCUT2D eigenvalue weighted by atomic mass is 10.1. The van der Waals surface area contributed by atoms with Gasteiger partial charge in [-0.3, -0.25) is 9.00 Å². The summed E-state index contributed by atoms with van der Waals surface area (Å²) in [6.45, 7) is 3.28. The zero-order chi connectivity index (χ0) is 10.7. The van der Waals surface area contributed by atoms with Gasteiger partial charge in [-0.05, 0) is 18.4 Å². The van der Waals surface area contributed by atoms with Crippen molar-refractivity contribution >= 4 is 28.1 Å². The highest BCUT2D eigenvalue weighted by atomic mass is 32.2. The number of rotatable bonds is 4. The van der Waals surface area contributed by atoms with Gasteiger partial charge in [-0.2, -0.15) is 0 Å². The molecule has 0 aliphatic rings. The van der Waals surface area contributed by atoms with Crippen molar-refractivity contribution < 1.29 is 14.1 Å². The summed E-state index contributed by atoms with van der Waals surface area (Å²) in [5, 5.41) is 10.3. The van der Waals surface area contributed by atoms with Crippen LogP contribution in [0.5, 0.6) is 0 Å². The Hall–Kier alpha value is -0.680. The molecule has 0 aromatic carbocycles. The van der Waals surface area contributed by atoms with Crippen molar-refractivity contribution in [3.05, 3.63) is 17.5 Å². The SMILES string of the molecule is CC(C(=O)O)C(C)S(=O)c1cccs1. The van der Waals surface area contributed by atoms with Gasteiger partial charge in [-0.15, -0.1) is 11.3 Å². The van der Waals surface area contributed by atoms with Crippen LogP contribution >= 0.6 is 11.3 Å². The van der Waals surface area contributed by atoms with Gasteiger partial charge < -0.3 is 5.11 Å². The lowest BCUT2D eigenvalue weighted by molar-refractivity contribution is -0.141. The highest BCUT2D eigenvalue weighted by molar-refractivity contribution is 7.87. The molecule has 0 spiro atoms. The minimum absolute atomic E-state index is 0.355. The summed E-state index contributed by atoms with van der Waals surface area (Å²) in [6.07, 6.45) is 0. The fourth-order valence-corrected chi connectivity index (χ4v) is 3.46. The largest absolute Gasteiger partial charge is 0.481 e. The molecule has 5 heteroatoms. The van der Waals surface area contributed by atoms with Crippen LogP contribution in [0.1, 0.15) is 13.8 Å². The van der Waals surface area contributed by atoms with Gasteiger partial charge in [0.05, 0.1) is 26.2 Å². The van der Waals surface area contributed by atoms with Crippen molar-refractivity contribution in [1.82, 2.24) is 0 Å². The predicted octanol–water partition coefficient (Wildman–Crippen LogP) is 1.96. The molecule has 14 heavy (non-hydrogen) atoms. The molecule has 1 aromatic rings. The van der Waals surface area contributed by atoms with Gasteiger partial charge in [-0.1, -0.05) is 13.0 Å². The number of carbonyl (C=O) groups is 1. The number of thiophene rings is 1. The van der Waals surface area contributed by atoms with Crippen molar-refractivity contribution in [3.8, 4) is 0 Å². The molecule has 78 valence electrons. The maximum Gasteiger partial charge on any atom is 0.307 e. The van der Waals surface area contributed by atoms with E-state index in [1.54, 1.807) is 19.9 Å². The van der Waals surface area contributed by atoms with E-state index in [2.05, 4.69) is 0 Å². The summed E-state index contributed by atoms with van der Waals surface area (Å²) in [6, 6.07) is 3.59. The molecule has 3 unspecified atom stereocenters. The maximum atomic E-state index is 11.8. The summed E-state index contributed by atoms with van der Waals surface area (Å²) < 4.78 is 12.6. The molecule has 0 saturated carbocycles. The molecular formula is C9H12O3S2. The molecule has 0 fully saturated rings. The van der Waals surface area contributed by atoms with Gasteiger partial charge in [0.1, 0.15) is 0 Å². The van der Waals surface area contributed by atoms with Crippen LogP contribution in [0.15, 0.2) is 21.7 Å². The topological polar surface area (TPSA) is 54.4 Å². The molecule has 3 nitrogen and oxygen atoms in total. The van der Waals surface area contributed by atoms with Gasteiger partial charge in [0, 0.05) is 0 Å². The number of hydrogen-bond acceptors (Lipinski definition) is 3. The lowest BCUT2D eigenvalue weighted by Crippen LogP contribution is -2.26. The summed E-state index contributed by atoms with van der Waals surface area (Å²) in [5.41, 5.74) is 0. The second kappa shape index (κ2) is 4.70. The van der Waals surface area contributed by atoms with E-state index in [0.29, 0.717) is 0 Å². The average molecular weight is 232 g/mol. The molecule has 3 atom stereocenters. The third kappa shape index (κ3) is 2.42. The molecule has 0 saturated heterocycles. The van der Waals surface area contributed by atoms with Crippen LogP contribution in [0.2, 0.25) is 0 Å². The first-order valence-corrected chi connectivity index (χ1v) is 6.30. The first-order valence-electron chi connectivity index (χ1n) is 4.21. The van der Waals surface area contributed by atoms with Gasteiger partial charge in [-0.25, -0.2) is 0 Å². The van der Waals surface area contributed by atoms with Crippen LogP contribution in [-0.4, -0.2) is 20.5 Å². The minimum atomic E-state index is -1.21. The zero-order valence-electron chi connectivity index (χ0n) is 7.97. The van der Waals surface area contributed by atoms with Crippen LogP contribution in [0.3, 0.4) is 0 Å². The smallest absolute Gasteiger partial charge is 0.307 e. The van der Waals surface area contributed by atoms with E-state index >= 15 is 0 Å². The van der Waals surface area contributed by atoms with E-state index in [-0.39, 0.29) is 5.25 Å². The first-order chi connectivity index (χ1) is 6.54. The van der Waals surface area contributed by atoms with Gasteiger partial charge in [0.2, 0.25) is 0 Å². The molecule has 1 aromatic heterocycles. The Morgan fingerprint density at radius 1 is 1.57 bits per heavy atom. The summed E-state index contributed by atoms with van der Waals surface area (Å²) >= 11 is 1.40. The van der Waals surface area contributed by atoms with Crippen molar-refractivity contribution in [2.24, 2.45) is 5.92 Å². The number of aliphatic carboxylic acids is 1. The van der Waals surface area contributed by atoms with E-state index in [1.807, 2.05) is 11.4 Å². The van der Waals surface area contributed by atoms with Crippen LogP contribution in [0, 0.1) is 5.92 Å². The normalized spacial score (nSPS) is 17.3. The number of carboxylic acid groups (broad SMARTS) is 1. The average Bonchev–Trinajstić information content (AvgIpc) is 2.67. The van der Waals surface area contributed by atoms with Crippen molar-refractivity contribution in [2.45, 2.75) is 23.3 Å². The lowest BCUT2D eigenvalue weighted by Gasteiger charge is -2.13.